The van der Waals surface area contributed by atoms with Crippen molar-refractivity contribution in [1.29, 1.82) is 0 Å². The Morgan fingerprint density at radius 2 is 1.73 bits per heavy atom. The summed E-state index contributed by atoms with van der Waals surface area (Å²) >= 11 is 0. The molecule has 0 radical (unpaired) electrons. The van der Waals surface area contributed by atoms with Crippen molar-refractivity contribution in [2.24, 2.45) is 0 Å². The number of rotatable bonds is 7. The molecular weight excluding hydrogens is 445 g/mol. The molecule has 0 aliphatic heterocycles. The van der Waals surface area contributed by atoms with Gasteiger partial charge in [0.05, 0.1) is 29.5 Å². The van der Waals surface area contributed by atoms with E-state index in [-0.39, 0.29) is 10.3 Å². The van der Waals surface area contributed by atoms with E-state index in [4.69, 9.17) is 9.47 Å². The Balaban J connectivity index is 1.95. The SMILES string of the molecule is CCOc1ccc2c(c1)c(=O)c(S(=O)(=O)c1ccc(F)cc1)cn2Cc1cccc(OC)c1. The Hall–Kier alpha value is -3.65. The first kappa shape index (κ1) is 22.5. The van der Waals surface area contributed by atoms with Crippen LogP contribution in [0.3, 0.4) is 0 Å². The van der Waals surface area contributed by atoms with Crippen LogP contribution in [-0.2, 0) is 16.4 Å². The van der Waals surface area contributed by atoms with Crippen molar-refractivity contribution >= 4 is 20.7 Å². The highest BCUT2D eigenvalue weighted by Crippen LogP contribution is 2.25. The first-order valence-corrected chi connectivity index (χ1v) is 11.8. The molecule has 0 atom stereocenters. The van der Waals surface area contributed by atoms with Crippen LogP contribution in [0.15, 0.2) is 87.5 Å². The molecule has 0 fully saturated rings. The number of ether oxygens (including phenoxy) is 2. The zero-order chi connectivity index (χ0) is 23.6. The highest BCUT2D eigenvalue weighted by atomic mass is 32.2. The number of hydrogen-bond donors (Lipinski definition) is 0. The van der Waals surface area contributed by atoms with Gasteiger partial charge in [0.2, 0.25) is 15.3 Å². The molecule has 170 valence electrons. The van der Waals surface area contributed by atoms with Crippen LogP contribution in [0.2, 0.25) is 0 Å². The Kier molecular flexibility index (Phi) is 6.20. The van der Waals surface area contributed by atoms with E-state index in [0.29, 0.717) is 30.2 Å². The molecule has 0 saturated carbocycles. The molecule has 0 aliphatic carbocycles. The molecule has 0 saturated heterocycles. The van der Waals surface area contributed by atoms with Gasteiger partial charge in [0.25, 0.3) is 0 Å². The summed E-state index contributed by atoms with van der Waals surface area (Å²) in [4.78, 5) is 12.8. The monoisotopic (exact) mass is 467 g/mol. The maximum Gasteiger partial charge on any atom is 0.211 e. The standard InChI is InChI=1S/C25H22FNO5S/c1-3-32-20-9-12-23-22(14-20)25(28)24(33(29,30)21-10-7-18(26)8-11-21)16-27(23)15-17-5-4-6-19(13-17)31-2/h4-14,16H,3,15H2,1-2H3. The highest BCUT2D eigenvalue weighted by molar-refractivity contribution is 7.91. The second-order valence-electron chi connectivity index (χ2n) is 7.37. The van der Waals surface area contributed by atoms with E-state index in [9.17, 15) is 17.6 Å². The minimum atomic E-state index is -4.20. The van der Waals surface area contributed by atoms with Crippen LogP contribution in [0.25, 0.3) is 10.9 Å². The van der Waals surface area contributed by atoms with E-state index in [1.807, 2.05) is 31.2 Å². The molecule has 0 N–H and O–H groups in total. The molecule has 4 aromatic rings. The lowest BCUT2D eigenvalue weighted by atomic mass is 10.1. The third kappa shape index (κ3) is 4.47. The lowest BCUT2D eigenvalue weighted by molar-refractivity contribution is 0.340. The van der Waals surface area contributed by atoms with Gasteiger partial charge in [0, 0.05) is 12.7 Å². The highest BCUT2D eigenvalue weighted by Gasteiger charge is 2.24. The summed E-state index contributed by atoms with van der Waals surface area (Å²) < 4.78 is 52.6. The molecule has 4 rings (SSSR count). The van der Waals surface area contributed by atoms with Gasteiger partial charge in [0.15, 0.2) is 0 Å². The van der Waals surface area contributed by atoms with Gasteiger partial charge in [-0.2, -0.15) is 0 Å². The number of methoxy groups -OCH3 is 1. The predicted molar refractivity (Wildman–Crippen MR) is 123 cm³/mol. The lowest BCUT2D eigenvalue weighted by Gasteiger charge is -2.15. The molecule has 0 aliphatic rings. The zero-order valence-corrected chi connectivity index (χ0v) is 18.9. The Bertz CT molecular complexity index is 1480. The summed E-state index contributed by atoms with van der Waals surface area (Å²) in [6.45, 7) is 2.52. The van der Waals surface area contributed by atoms with E-state index in [1.54, 1.807) is 29.9 Å². The molecule has 8 heteroatoms. The van der Waals surface area contributed by atoms with Crippen molar-refractivity contribution in [3.05, 3.63) is 94.5 Å². The van der Waals surface area contributed by atoms with E-state index in [0.717, 1.165) is 29.8 Å². The van der Waals surface area contributed by atoms with Gasteiger partial charge in [-0.3, -0.25) is 4.79 Å². The van der Waals surface area contributed by atoms with E-state index < -0.39 is 26.0 Å². The van der Waals surface area contributed by atoms with Crippen LogP contribution < -0.4 is 14.9 Å². The number of benzene rings is 3. The second-order valence-corrected chi connectivity index (χ2v) is 9.29. The van der Waals surface area contributed by atoms with Crippen LogP contribution in [0.1, 0.15) is 12.5 Å². The predicted octanol–water partition coefficient (Wildman–Crippen LogP) is 4.43. The summed E-state index contributed by atoms with van der Waals surface area (Å²) in [7, 11) is -2.63. The maximum atomic E-state index is 13.4. The Labute approximate surface area is 190 Å². The Morgan fingerprint density at radius 3 is 2.42 bits per heavy atom. The fourth-order valence-corrected chi connectivity index (χ4v) is 5.01. The summed E-state index contributed by atoms with van der Waals surface area (Å²) in [5.74, 6) is 0.561. The van der Waals surface area contributed by atoms with Crippen LogP contribution in [-0.4, -0.2) is 26.7 Å². The van der Waals surface area contributed by atoms with Crippen molar-refractivity contribution in [3.8, 4) is 11.5 Å². The molecule has 0 bridgehead atoms. The molecule has 1 aromatic heterocycles. The molecule has 6 nitrogen and oxygen atoms in total. The number of sulfone groups is 1. The van der Waals surface area contributed by atoms with Crippen LogP contribution >= 0.6 is 0 Å². The average Bonchev–Trinajstić information content (AvgIpc) is 2.81. The summed E-state index contributed by atoms with van der Waals surface area (Å²) in [6.07, 6.45) is 1.34. The summed E-state index contributed by atoms with van der Waals surface area (Å²) in [5.41, 5.74) is 0.778. The fraction of sp³-hybridized carbons (Fsp3) is 0.160. The van der Waals surface area contributed by atoms with Crippen LogP contribution in [0, 0.1) is 5.82 Å². The van der Waals surface area contributed by atoms with Crippen molar-refractivity contribution in [2.45, 2.75) is 23.3 Å². The average molecular weight is 468 g/mol. The molecule has 0 unspecified atom stereocenters. The molecule has 1 heterocycles. The number of pyridine rings is 1. The minimum absolute atomic E-state index is 0.158. The van der Waals surface area contributed by atoms with Crippen LogP contribution in [0.5, 0.6) is 11.5 Å². The van der Waals surface area contributed by atoms with Gasteiger partial charge in [-0.1, -0.05) is 12.1 Å². The van der Waals surface area contributed by atoms with E-state index in [1.165, 1.54) is 6.20 Å². The zero-order valence-electron chi connectivity index (χ0n) is 18.1. The normalized spacial score (nSPS) is 11.5. The van der Waals surface area contributed by atoms with Crippen LogP contribution in [0.4, 0.5) is 4.39 Å². The number of halogens is 1. The Morgan fingerprint density at radius 1 is 0.970 bits per heavy atom. The minimum Gasteiger partial charge on any atom is -0.497 e. The van der Waals surface area contributed by atoms with Crippen molar-refractivity contribution in [1.82, 2.24) is 4.57 Å². The van der Waals surface area contributed by atoms with Crippen molar-refractivity contribution in [3.63, 3.8) is 0 Å². The number of nitrogens with zero attached hydrogens (tertiary/aromatic N) is 1. The van der Waals surface area contributed by atoms with E-state index >= 15 is 0 Å². The maximum absolute atomic E-state index is 13.4. The van der Waals surface area contributed by atoms with Gasteiger partial charge in [-0.25, -0.2) is 12.8 Å². The van der Waals surface area contributed by atoms with Gasteiger partial charge in [-0.15, -0.1) is 0 Å². The number of hydrogen-bond acceptors (Lipinski definition) is 5. The third-order valence-corrected chi connectivity index (χ3v) is 6.99. The van der Waals surface area contributed by atoms with Gasteiger partial charge >= 0.3 is 0 Å². The molecular formula is C25H22FNO5S. The van der Waals surface area contributed by atoms with Crippen molar-refractivity contribution < 1.29 is 22.3 Å². The van der Waals surface area contributed by atoms with Gasteiger partial charge in [-0.05, 0) is 67.1 Å². The lowest BCUT2D eigenvalue weighted by Crippen LogP contribution is -2.20. The molecule has 0 amide bonds. The number of aromatic nitrogens is 1. The third-order valence-electron chi connectivity index (χ3n) is 5.23. The topological polar surface area (TPSA) is 74.6 Å². The summed E-state index contributed by atoms with van der Waals surface area (Å²) in [6, 6.07) is 16.8. The van der Waals surface area contributed by atoms with Gasteiger partial charge in [0.1, 0.15) is 22.2 Å². The summed E-state index contributed by atoms with van der Waals surface area (Å²) in [5, 5.41) is 0.215. The molecule has 33 heavy (non-hydrogen) atoms. The van der Waals surface area contributed by atoms with Crippen molar-refractivity contribution in [2.75, 3.05) is 13.7 Å². The number of fused-ring (bicyclic) bond motifs is 1. The fourth-order valence-electron chi connectivity index (χ4n) is 3.64. The smallest absolute Gasteiger partial charge is 0.211 e. The first-order chi connectivity index (χ1) is 15.8. The molecule has 0 spiro atoms. The molecule has 3 aromatic carbocycles. The largest absolute Gasteiger partial charge is 0.497 e. The van der Waals surface area contributed by atoms with Gasteiger partial charge < -0.3 is 14.0 Å². The second kappa shape index (κ2) is 9.07. The quantitative estimate of drug-likeness (QED) is 0.376. The van der Waals surface area contributed by atoms with E-state index in [2.05, 4.69) is 0 Å². The first-order valence-electron chi connectivity index (χ1n) is 10.3.